The summed E-state index contributed by atoms with van der Waals surface area (Å²) in [6.07, 6.45) is 0. The Labute approximate surface area is 113 Å². The third kappa shape index (κ3) is 2.39. The lowest BCUT2D eigenvalue weighted by Crippen LogP contribution is -2.13. The van der Waals surface area contributed by atoms with E-state index in [1.165, 1.54) is 37.7 Å². The molecule has 1 aromatic carbocycles. The second kappa shape index (κ2) is 5.49. The van der Waals surface area contributed by atoms with Gasteiger partial charge in [-0.25, -0.2) is 9.59 Å². The summed E-state index contributed by atoms with van der Waals surface area (Å²) in [5.74, 6) is -1.05. The molecule has 1 aliphatic heterocycles. The van der Waals surface area contributed by atoms with Crippen molar-refractivity contribution in [3.8, 4) is 0 Å². The molecule has 94 valence electrons. The van der Waals surface area contributed by atoms with E-state index >= 15 is 0 Å². The number of thioether (sulfide) groups is 2. The Morgan fingerprint density at radius 1 is 0.889 bits per heavy atom. The summed E-state index contributed by atoms with van der Waals surface area (Å²) in [6, 6.07) is 7.54. The number of benzene rings is 1. The van der Waals surface area contributed by atoms with E-state index in [4.69, 9.17) is 9.47 Å². The molecule has 0 saturated heterocycles. The van der Waals surface area contributed by atoms with Gasteiger partial charge in [0.15, 0.2) is 0 Å². The van der Waals surface area contributed by atoms with Gasteiger partial charge < -0.3 is 9.47 Å². The largest absolute Gasteiger partial charge is 0.465 e. The fraction of sp³-hybridized carbons (Fsp3) is 0.167. The molecule has 0 atom stereocenters. The van der Waals surface area contributed by atoms with Crippen LogP contribution in [0.15, 0.2) is 43.9 Å². The highest BCUT2D eigenvalue weighted by atomic mass is 32.2. The monoisotopic (exact) mass is 282 g/mol. The van der Waals surface area contributed by atoms with Crippen molar-refractivity contribution in [1.29, 1.82) is 0 Å². The van der Waals surface area contributed by atoms with E-state index in [9.17, 15) is 9.59 Å². The van der Waals surface area contributed by atoms with Crippen molar-refractivity contribution in [2.45, 2.75) is 9.79 Å². The Hall–Kier alpha value is -1.40. The average molecular weight is 282 g/mol. The zero-order valence-electron chi connectivity index (χ0n) is 9.76. The van der Waals surface area contributed by atoms with Crippen LogP contribution in [0, 0.1) is 0 Å². The lowest BCUT2D eigenvalue weighted by Gasteiger charge is -2.18. The highest BCUT2D eigenvalue weighted by Crippen LogP contribution is 2.47. The molecule has 18 heavy (non-hydrogen) atoms. The quantitative estimate of drug-likeness (QED) is 0.777. The number of methoxy groups -OCH3 is 2. The normalized spacial score (nSPS) is 13.9. The second-order valence-corrected chi connectivity index (χ2v) is 5.40. The van der Waals surface area contributed by atoms with E-state index in [2.05, 4.69) is 0 Å². The highest BCUT2D eigenvalue weighted by Gasteiger charge is 2.29. The SMILES string of the molecule is COC(=O)C1=C(C(=O)OC)Sc2ccccc2S1. The molecule has 0 radical (unpaired) electrons. The second-order valence-electron chi connectivity index (χ2n) is 3.29. The van der Waals surface area contributed by atoms with Crippen LogP contribution >= 0.6 is 23.5 Å². The number of hydrogen-bond acceptors (Lipinski definition) is 6. The van der Waals surface area contributed by atoms with Gasteiger partial charge in [-0.05, 0) is 12.1 Å². The first-order valence-corrected chi connectivity index (χ1v) is 6.66. The van der Waals surface area contributed by atoms with E-state index in [-0.39, 0.29) is 9.81 Å². The zero-order chi connectivity index (χ0) is 13.1. The van der Waals surface area contributed by atoms with E-state index in [1.54, 1.807) is 0 Å². The molecule has 0 aliphatic carbocycles. The summed E-state index contributed by atoms with van der Waals surface area (Å²) in [5, 5.41) is 0. The molecule has 0 amide bonds. The Morgan fingerprint density at radius 2 is 1.28 bits per heavy atom. The van der Waals surface area contributed by atoms with Gasteiger partial charge in [-0.1, -0.05) is 35.7 Å². The van der Waals surface area contributed by atoms with Gasteiger partial charge in [0, 0.05) is 9.79 Å². The number of carbonyl (C=O) groups is 2. The molecule has 1 aliphatic rings. The number of carbonyl (C=O) groups excluding carboxylic acids is 2. The van der Waals surface area contributed by atoms with Crippen LogP contribution < -0.4 is 0 Å². The van der Waals surface area contributed by atoms with Gasteiger partial charge in [0.1, 0.15) is 9.81 Å². The van der Waals surface area contributed by atoms with Crippen LogP contribution in [-0.4, -0.2) is 26.2 Å². The standard InChI is InChI=1S/C12H10O4S2/c1-15-11(13)9-10(12(14)16-2)18-8-6-4-3-5-7(8)17-9/h3-6H,1-2H3. The first kappa shape index (κ1) is 13.0. The molecular formula is C12H10O4S2. The summed E-state index contributed by atoms with van der Waals surface area (Å²) >= 11 is 2.45. The van der Waals surface area contributed by atoms with Crippen LogP contribution in [0.2, 0.25) is 0 Å². The van der Waals surface area contributed by atoms with Crippen LogP contribution in [0.1, 0.15) is 0 Å². The van der Waals surface area contributed by atoms with Crippen molar-refractivity contribution in [2.75, 3.05) is 14.2 Å². The summed E-state index contributed by atoms with van der Waals surface area (Å²) in [7, 11) is 2.58. The molecule has 1 aromatic rings. The molecule has 0 fully saturated rings. The Kier molecular flexibility index (Phi) is 3.98. The molecule has 4 nitrogen and oxygen atoms in total. The first-order chi connectivity index (χ1) is 8.67. The number of esters is 2. The number of ether oxygens (including phenoxy) is 2. The number of hydrogen-bond donors (Lipinski definition) is 0. The molecule has 0 aromatic heterocycles. The first-order valence-electron chi connectivity index (χ1n) is 5.03. The Balaban J connectivity index is 2.45. The summed E-state index contributed by atoms with van der Waals surface area (Å²) in [4.78, 5) is 25.8. The Bertz CT molecular complexity index is 490. The van der Waals surface area contributed by atoms with Gasteiger partial charge >= 0.3 is 11.9 Å². The molecule has 2 rings (SSSR count). The van der Waals surface area contributed by atoms with Crippen molar-refractivity contribution < 1.29 is 19.1 Å². The van der Waals surface area contributed by atoms with Gasteiger partial charge in [-0.15, -0.1) is 0 Å². The minimum Gasteiger partial charge on any atom is -0.465 e. The third-order valence-corrected chi connectivity index (χ3v) is 4.78. The third-order valence-electron chi connectivity index (χ3n) is 2.22. The van der Waals surface area contributed by atoms with Crippen molar-refractivity contribution in [1.82, 2.24) is 0 Å². The van der Waals surface area contributed by atoms with Crippen LogP contribution in [0.5, 0.6) is 0 Å². The average Bonchev–Trinajstić information content (AvgIpc) is 2.44. The van der Waals surface area contributed by atoms with E-state index in [0.717, 1.165) is 9.79 Å². The van der Waals surface area contributed by atoms with Crippen LogP contribution in [-0.2, 0) is 19.1 Å². The fourth-order valence-corrected chi connectivity index (χ4v) is 3.64. The maximum absolute atomic E-state index is 11.7. The summed E-state index contributed by atoms with van der Waals surface area (Å²) in [6.45, 7) is 0. The summed E-state index contributed by atoms with van der Waals surface area (Å²) in [5.41, 5.74) is 0. The molecule has 0 unspecified atom stereocenters. The maximum atomic E-state index is 11.7. The molecular weight excluding hydrogens is 272 g/mol. The van der Waals surface area contributed by atoms with Gasteiger partial charge in [-0.2, -0.15) is 0 Å². The van der Waals surface area contributed by atoms with Crippen molar-refractivity contribution in [3.63, 3.8) is 0 Å². The van der Waals surface area contributed by atoms with E-state index < -0.39 is 11.9 Å². The van der Waals surface area contributed by atoms with Crippen molar-refractivity contribution in [3.05, 3.63) is 34.1 Å². The predicted octanol–water partition coefficient (Wildman–Crippen LogP) is 2.44. The Morgan fingerprint density at radius 3 is 1.61 bits per heavy atom. The zero-order valence-corrected chi connectivity index (χ0v) is 11.4. The lowest BCUT2D eigenvalue weighted by atomic mass is 10.4. The minimum atomic E-state index is -0.526. The molecule has 0 bridgehead atoms. The van der Waals surface area contributed by atoms with E-state index in [1.807, 2.05) is 24.3 Å². The molecule has 1 heterocycles. The van der Waals surface area contributed by atoms with Gasteiger partial charge in [0.25, 0.3) is 0 Å². The summed E-state index contributed by atoms with van der Waals surface area (Å²) < 4.78 is 9.38. The topological polar surface area (TPSA) is 52.6 Å². The van der Waals surface area contributed by atoms with Crippen molar-refractivity contribution >= 4 is 35.5 Å². The number of rotatable bonds is 2. The molecule has 0 spiro atoms. The maximum Gasteiger partial charge on any atom is 0.346 e. The van der Waals surface area contributed by atoms with Crippen LogP contribution in [0.4, 0.5) is 0 Å². The fourth-order valence-electron chi connectivity index (χ4n) is 1.39. The highest BCUT2D eigenvalue weighted by molar-refractivity contribution is 8.10. The smallest absolute Gasteiger partial charge is 0.346 e. The van der Waals surface area contributed by atoms with Crippen molar-refractivity contribution in [2.24, 2.45) is 0 Å². The lowest BCUT2D eigenvalue weighted by molar-refractivity contribution is -0.138. The van der Waals surface area contributed by atoms with E-state index in [0.29, 0.717) is 0 Å². The molecule has 0 saturated carbocycles. The molecule has 6 heteroatoms. The van der Waals surface area contributed by atoms with Gasteiger partial charge in [0.2, 0.25) is 0 Å². The minimum absolute atomic E-state index is 0.271. The predicted molar refractivity (Wildman–Crippen MR) is 69.2 cm³/mol. The molecule has 0 N–H and O–H groups in total. The van der Waals surface area contributed by atoms with Gasteiger partial charge in [0.05, 0.1) is 14.2 Å². The number of fused-ring (bicyclic) bond motifs is 1. The van der Waals surface area contributed by atoms with Gasteiger partial charge in [-0.3, -0.25) is 0 Å². The van der Waals surface area contributed by atoms with Crippen LogP contribution in [0.25, 0.3) is 0 Å². The van der Waals surface area contributed by atoms with Crippen LogP contribution in [0.3, 0.4) is 0 Å².